The van der Waals surface area contributed by atoms with Gasteiger partial charge in [-0.2, -0.15) is 0 Å². The Hall–Kier alpha value is -2.35. The second-order valence-electron chi connectivity index (χ2n) is 5.50. The fraction of sp³-hybridized carbons (Fsp3) is 0.429. The number of H-pyrrole nitrogens is 1. The van der Waals surface area contributed by atoms with Crippen LogP contribution in [0.15, 0.2) is 17.2 Å². The molecule has 1 fully saturated rings. The first-order valence-electron chi connectivity index (χ1n) is 7.14. The summed E-state index contributed by atoms with van der Waals surface area (Å²) in [5, 5.41) is 13.7. The van der Waals surface area contributed by atoms with E-state index in [1.165, 1.54) is 18.8 Å². The Labute approximate surface area is 137 Å². The molecule has 3 rings (SSSR count). The van der Waals surface area contributed by atoms with Crippen LogP contribution in [0.1, 0.15) is 35.3 Å². The number of fused-ring (bicyclic) bond motifs is 1. The van der Waals surface area contributed by atoms with Gasteiger partial charge in [0, 0.05) is 11.8 Å². The van der Waals surface area contributed by atoms with Crippen molar-refractivity contribution < 1.29 is 14.7 Å². The number of nitrogens with zero attached hydrogens (tertiary/aromatic N) is 2. The normalized spacial score (nSPS) is 14.1. The largest absolute Gasteiger partial charge is 0.480 e. The molecule has 1 saturated carbocycles. The van der Waals surface area contributed by atoms with Crippen molar-refractivity contribution in [1.29, 1.82) is 0 Å². The molecular weight excluding hydrogens is 324 g/mol. The molecule has 0 radical (unpaired) electrons. The minimum Gasteiger partial charge on any atom is -0.480 e. The number of halogens is 1. The predicted octanol–water partition coefficient (Wildman–Crippen LogP) is 0.601. The number of carboxylic acid groups (broad SMARTS) is 1. The van der Waals surface area contributed by atoms with Crippen LogP contribution in [0.5, 0.6) is 0 Å². The van der Waals surface area contributed by atoms with Crippen molar-refractivity contribution in [2.24, 2.45) is 5.92 Å². The number of carbonyl (C=O) groups is 2. The Kier molecular flexibility index (Phi) is 5.05. The third kappa shape index (κ3) is 3.37. The van der Waals surface area contributed by atoms with Gasteiger partial charge in [0.1, 0.15) is 18.4 Å². The van der Waals surface area contributed by atoms with Crippen molar-refractivity contribution in [2.45, 2.75) is 25.7 Å². The van der Waals surface area contributed by atoms with Gasteiger partial charge in [0.05, 0.1) is 0 Å². The van der Waals surface area contributed by atoms with E-state index in [1.807, 2.05) is 0 Å². The van der Waals surface area contributed by atoms with Gasteiger partial charge in [-0.05, 0) is 12.3 Å². The molecule has 23 heavy (non-hydrogen) atoms. The maximum Gasteiger partial charge on any atom is 0.322 e. The summed E-state index contributed by atoms with van der Waals surface area (Å²) in [4.78, 5) is 38.9. The van der Waals surface area contributed by atoms with E-state index in [1.54, 1.807) is 4.52 Å². The molecule has 124 valence electrons. The van der Waals surface area contributed by atoms with Crippen LogP contribution >= 0.6 is 12.4 Å². The number of hydrogen-bond donors (Lipinski definition) is 3. The van der Waals surface area contributed by atoms with E-state index in [4.69, 9.17) is 5.11 Å². The molecule has 1 aliphatic carbocycles. The van der Waals surface area contributed by atoms with Crippen molar-refractivity contribution in [2.75, 3.05) is 6.54 Å². The van der Waals surface area contributed by atoms with Gasteiger partial charge < -0.3 is 10.4 Å². The molecule has 1 aliphatic rings. The second kappa shape index (κ2) is 6.82. The third-order valence-corrected chi connectivity index (χ3v) is 3.99. The highest BCUT2D eigenvalue weighted by Gasteiger charge is 2.23. The van der Waals surface area contributed by atoms with Crippen LogP contribution in [0.2, 0.25) is 0 Å². The number of aliphatic carboxylic acids is 1. The van der Waals surface area contributed by atoms with E-state index in [9.17, 15) is 14.4 Å². The van der Waals surface area contributed by atoms with Crippen molar-refractivity contribution in [3.8, 4) is 0 Å². The summed E-state index contributed by atoms with van der Waals surface area (Å²) in [6.45, 7) is -0.543. The smallest absolute Gasteiger partial charge is 0.322 e. The van der Waals surface area contributed by atoms with Crippen LogP contribution in [0.4, 0.5) is 0 Å². The molecule has 2 heterocycles. The summed E-state index contributed by atoms with van der Waals surface area (Å²) in [5.74, 6) is -1.34. The van der Waals surface area contributed by atoms with Gasteiger partial charge in [0.25, 0.3) is 5.91 Å². The van der Waals surface area contributed by atoms with Crippen molar-refractivity contribution in [1.82, 2.24) is 19.9 Å². The van der Waals surface area contributed by atoms with Gasteiger partial charge in [-0.3, -0.25) is 19.5 Å². The first kappa shape index (κ1) is 17.0. The monoisotopic (exact) mass is 340 g/mol. The lowest BCUT2D eigenvalue weighted by molar-refractivity contribution is -0.135. The first-order chi connectivity index (χ1) is 10.6. The molecule has 9 heteroatoms. The van der Waals surface area contributed by atoms with Crippen molar-refractivity contribution in [3.63, 3.8) is 0 Å². The number of pyridine rings is 1. The SMILES string of the molecule is Cl.O=C(O)CNC(=O)c1c(=O)cc(CC2CCC2)n2[nH]cnc12. The minimum atomic E-state index is -1.17. The minimum absolute atomic E-state index is 0. The fourth-order valence-corrected chi connectivity index (χ4v) is 2.66. The van der Waals surface area contributed by atoms with E-state index in [0.717, 1.165) is 25.0 Å². The van der Waals surface area contributed by atoms with Gasteiger partial charge in [0.15, 0.2) is 11.1 Å². The molecule has 8 nitrogen and oxygen atoms in total. The van der Waals surface area contributed by atoms with E-state index in [-0.39, 0.29) is 23.6 Å². The Balaban J connectivity index is 0.00000192. The van der Waals surface area contributed by atoms with Gasteiger partial charge in [-0.15, -0.1) is 12.4 Å². The maximum absolute atomic E-state index is 12.3. The summed E-state index contributed by atoms with van der Waals surface area (Å²) in [5.41, 5.74) is 0.436. The zero-order chi connectivity index (χ0) is 15.7. The first-order valence-corrected chi connectivity index (χ1v) is 7.14. The predicted molar refractivity (Wildman–Crippen MR) is 84.1 cm³/mol. The molecule has 0 bridgehead atoms. The lowest BCUT2D eigenvalue weighted by Crippen LogP contribution is -2.33. The molecule has 0 spiro atoms. The van der Waals surface area contributed by atoms with E-state index >= 15 is 0 Å². The van der Waals surface area contributed by atoms with Crippen molar-refractivity contribution >= 4 is 29.9 Å². The van der Waals surface area contributed by atoms with E-state index in [0.29, 0.717) is 5.92 Å². The molecule has 0 atom stereocenters. The second-order valence-corrected chi connectivity index (χ2v) is 5.50. The van der Waals surface area contributed by atoms with Crippen LogP contribution in [-0.4, -0.2) is 38.1 Å². The molecule has 0 aromatic carbocycles. The summed E-state index contributed by atoms with van der Waals surface area (Å²) < 4.78 is 1.62. The molecule has 0 saturated heterocycles. The number of rotatable bonds is 5. The molecule has 2 aromatic heterocycles. The Morgan fingerprint density at radius 1 is 1.43 bits per heavy atom. The van der Waals surface area contributed by atoms with Crippen LogP contribution in [0.25, 0.3) is 5.65 Å². The summed E-state index contributed by atoms with van der Waals surface area (Å²) in [6, 6.07) is 1.43. The number of amides is 1. The Morgan fingerprint density at radius 3 is 2.78 bits per heavy atom. The van der Waals surface area contributed by atoms with Gasteiger partial charge in [-0.1, -0.05) is 19.3 Å². The van der Waals surface area contributed by atoms with Gasteiger partial charge >= 0.3 is 5.97 Å². The molecule has 1 amide bonds. The Bertz CT molecular complexity index is 794. The number of hydrogen-bond acceptors (Lipinski definition) is 4. The standard InChI is InChI=1S/C14H16N4O4.ClH/c19-10-5-9(4-8-2-1-3-8)18-13(16-7-17-18)12(10)14(22)15-6-11(20)21;/h5,7-8H,1-4,6H2,(H,15,22)(H,16,17)(H,20,21);1H. The lowest BCUT2D eigenvalue weighted by Gasteiger charge is -2.25. The third-order valence-electron chi connectivity index (χ3n) is 3.99. The molecule has 0 aliphatic heterocycles. The maximum atomic E-state index is 12.3. The van der Waals surface area contributed by atoms with Crippen LogP contribution in [0.3, 0.4) is 0 Å². The molecule has 2 aromatic rings. The number of carboxylic acids is 1. The number of carbonyl (C=O) groups excluding carboxylic acids is 1. The zero-order valence-electron chi connectivity index (χ0n) is 12.2. The topological polar surface area (TPSA) is 117 Å². The van der Waals surface area contributed by atoms with Crippen molar-refractivity contribution in [3.05, 3.63) is 33.9 Å². The molecule has 3 N–H and O–H groups in total. The summed E-state index contributed by atoms with van der Waals surface area (Å²) >= 11 is 0. The highest BCUT2D eigenvalue weighted by molar-refractivity contribution is 6.00. The highest BCUT2D eigenvalue weighted by Crippen LogP contribution is 2.29. The highest BCUT2D eigenvalue weighted by atomic mass is 35.5. The number of aromatic nitrogens is 3. The number of aromatic amines is 1. The van der Waals surface area contributed by atoms with Gasteiger partial charge in [-0.25, -0.2) is 9.50 Å². The number of nitrogens with one attached hydrogen (secondary N) is 2. The van der Waals surface area contributed by atoms with E-state index < -0.39 is 23.9 Å². The van der Waals surface area contributed by atoms with Crippen LogP contribution in [0, 0.1) is 5.92 Å². The average molecular weight is 341 g/mol. The molecule has 0 unspecified atom stereocenters. The van der Waals surface area contributed by atoms with Crippen LogP contribution in [-0.2, 0) is 11.2 Å². The molecular formula is C14H17ClN4O4. The van der Waals surface area contributed by atoms with E-state index in [2.05, 4.69) is 15.4 Å². The lowest BCUT2D eigenvalue weighted by atomic mass is 9.82. The summed E-state index contributed by atoms with van der Waals surface area (Å²) in [7, 11) is 0. The van der Waals surface area contributed by atoms with Crippen LogP contribution < -0.4 is 10.7 Å². The Morgan fingerprint density at radius 2 is 2.17 bits per heavy atom. The zero-order valence-corrected chi connectivity index (χ0v) is 13.1. The van der Waals surface area contributed by atoms with Gasteiger partial charge in [0.2, 0.25) is 0 Å². The quantitative estimate of drug-likeness (QED) is 0.737. The summed E-state index contributed by atoms with van der Waals surface area (Å²) in [6.07, 6.45) is 5.67. The average Bonchev–Trinajstić information content (AvgIpc) is 2.89. The fourth-order valence-electron chi connectivity index (χ4n) is 2.66.